The molecule has 2 aromatic carbocycles. The number of allylic oxidation sites excluding steroid dienone is 2. The first-order valence-electron chi connectivity index (χ1n) is 7.98. The Morgan fingerprint density at radius 3 is 2.35 bits per heavy atom. The Morgan fingerprint density at radius 2 is 1.65 bits per heavy atom. The molecule has 1 aliphatic carbocycles. The molecule has 0 saturated heterocycles. The molecule has 0 heterocycles. The molecule has 1 saturated carbocycles. The van der Waals surface area contributed by atoms with Crippen molar-refractivity contribution in [1.82, 2.24) is 0 Å². The first-order valence-corrected chi connectivity index (χ1v) is 7.98. The molecule has 3 rings (SSSR count). The van der Waals surface area contributed by atoms with E-state index in [2.05, 4.69) is 36.4 Å². The van der Waals surface area contributed by atoms with Crippen molar-refractivity contribution in [3.63, 3.8) is 0 Å². The van der Waals surface area contributed by atoms with Crippen LogP contribution in [0.5, 0.6) is 0 Å². The van der Waals surface area contributed by atoms with Crippen molar-refractivity contribution in [1.29, 1.82) is 0 Å². The average Bonchev–Trinajstić information content (AvgIpc) is 3.43. The van der Waals surface area contributed by atoms with E-state index >= 15 is 0 Å². The van der Waals surface area contributed by atoms with E-state index in [0.717, 1.165) is 5.56 Å². The Balaban J connectivity index is 1.52. The third kappa shape index (κ3) is 4.96. The van der Waals surface area contributed by atoms with Gasteiger partial charge in [-0.05, 0) is 35.4 Å². The summed E-state index contributed by atoms with van der Waals surface area (Å²) in [6.45, 7) is 0.563. The first-order chi connectivity index (χ1) is 11.3. The van der Waals surface area contributed by atoms with Crippen molar-refractivity contribution in [2.75, 3.05) is 6.61 Å². The van der Waals surface area contributed by atoms with Crippen LogP contribution < -0.4 is 0 Å². The topological polar surface area (TPSA) is 26.3 Å². The number of rotatable bonds is 6. The summed E-state index contributed by atoms with van der Waals surface area (Å²) in [5.41, 5.74) is 3.50. The third-order valence-electron chi connectivity index (χ3n) is 3.81. The van der Waals surface area contributed by atoms with Crippen molar-refractivity contribution in [2.45, 2.75) is 12.8 Å². The molecule has 0 aliphatic heterocycles. The Kier molecular flexibility index (Phi) is 5.05. The van der Waals surface area contributed by atoms with E-state index in [0.29, 0.717) is 12.5 Å². The molecule has 116 valence electrons. The molecule has 0 atom stereocenters. The molecule has 0 amide bonds. The highest BCUT2D eigenvalue weighted by atomic mass is 16.5. The highest BCUT2D eigenvalue weighted by Crippen LogP contribution is 2.28. The predicted molar refractivity (Wildman–Crippen MR) is 93.7 cm³/mol. The minimum Gasteiger partial charge on any atom is -0.462 e. The van der Waals surface area contributed by atoms with E-state index < -0.39 is 0 Å². The second-order valence-corrected chi connectivity index (χ2v) is 5.78. The number of hydrogen-bond donors (Lipinski definition) is 0. The lowest BCUT2D eigenvalue weighted by molar-refractivity contribution is -0.138. The zero-order valence-electron chi connectivity index (χ0n) is 13.0. The lowest BCUT2D eigenvalue weighted by Crippen LogP contribution is -2.03. The highest BCUT2D eigenvalue weighted by molar-refractivity contribution is 5.82. The van der Waals surface area contributed by atoms with Crippen LogP contribution >= 0.6 is 0 Å². The van der Waals surface area contributed by atoms with E-state index in [1.807, 2.05) is 30.4 Å². The quantitative estimate of drug-likeness (QED) is 0.432. The van der Waals surface area contributed by atoms with Gasteiger partial charge in [-0.1, -0.05) is 72.8 Å². The molecule has 0 spiro atoms. The number of ether oxygens (including phenoxy) is 1. The van der Waals surface area contributed by atoms with Crippen LogP contribution in [-0.2, 0) is 9.53 Å². The van der Waals surface area contributed by atoms with Gasteiger partial charge in [-0.15, -0.1) is 0 Å². The molecule has 0 aromatic heterocycles. The van der Waals surface area contributed by atoms with Crippen molar-refractivity contribution in [3.05, 3.63) is 78.4 Å². The maximum Gasteiger partial charge on any atom is 0.330 e. The van der Waals surface area contributed by atoms with Crippen LogP contribution in [0, 0.1) is 5.92 Å². The second kappa shape index (κ2) is 7.59. The minimum absolute atomic E-state index is 0.263. The molecule has 1 aliphatic rings. The smallest absolute Gasteiger partial charge is 0.330 e. The summed E-state index contributed by atoms with van der Waals surface area (Å²) in [5.74, 6) is 0.340. The van der Waals surface area contributed by atoms with Crippen molar-refractivity contribution >= 4 is 12.0 Å². The SMILES string of the molecule is O=C(C=CC=Cc1ccc(-c2ccccc2)cc1)OCC1CC1. The molecule has 0 N–H and O–H groups in total. The van der Waals surface area contributed by atoms with E-state index in [-0.39, 0.29) is 5.97 Å². The minimum atomic E-state index is -0.263. The normalized spacial score (nSPS) is 14.4. The first kappa shape index (κ1) is 15.3. The van der Waals surface area contributed by atoms with Gasteiger partial charge in [-0.2, -0.15) is 0 Å². The van der Waals surface area contributed by atoms with Crippen LogP contribution in [0.1, 0.15) is 18.4 Å². The van der Waals surface area contributed by atoms with Crippen LogP contribution in [0.3, 0.4) is 0 Å². The summed E-state index contributed by atoms with van der Waals surface area (Å²) in [5, 5.41) is 0. The Bertz CT molecular complexity index is 692. The highest BCUT2D eigenvalue weighted by Gasteiger charge is 2.22. The Hall–Kier alpha value is -2.61. The molecule has 1 fully saturated rings. The second-order valence-electron chi connectivity index (χ2n) is 5.78. The van der Waals surface area contributed by atoms with Gasteiger partial charge in [-0.25, -0.2) is 4.79 Å². The Labute approximate surface area is 137 Å². The number of benzene rings is 2. The molecular formula is C21H20O2. The summed E-state index contributed by atoms with van der Waals surface area (Å²) in [4.78, 5) is 11.4. The predicted octanol–water partition coefficient (Wildman–Crippen LogP) is 4.88. The fourth-order valence-corrected chi connectivity index (χ4v) is 2.25. The van der Waals surface area contributed by atoms with E-state index in [9.17, 15) is 4.79 Å². The van der Waals surface area contributed by atoms with Crippen LogP contribution in [0.4, 0.5) is 0 Å². The molecule has 2 aromatic rings. The summed E-state index contributed by atoms with van der Waals surface area (Å²) >= 11 is 0. The molecular weight excluding hydrogens is 284 g/mol. The molecule has 2 heteroatoms. The number of carbonyl (C=O) groups excluding carboxylic acids is 1. The molecule has 0 radical (unpaired) electrons. The van der Waals surface area contributed by atoms with Crippen LogP contribution in [0.2, 0.25) is 0 Å². The molecule has 0 unspecified atom stereocenters. The van der Waals surface area contributed by atoms with Gasteiger partial charge in [-0.3, -0.25) is 0 Å². The number of hydrogen-bond acceptors (Lipinski definition) is 2. The molecule has 2 nitrogen and oxygen atoms in total. The zero-order valence-corrected chi connectivity index (χ0v) is 13.0. The number of carbonyl (C=O) groups is 1. The summed E-state index contributed by atoms with van der Waals surface area (Å²) in [7, 11) is 0. The van der Waals surface area contributed by atoms with E-state index in [1.54, 1.807) is 6.08 Å². The van der Waals surface area contributed by atoms with Gasteiger partial charge in [0.05, 0.1) is 6.61 Å². The maximum atomic E-state index is 11.4. The summed E-state index contributed by atoms with van der Waals surface area (Å²) in [6, 6.07) is 18.6. The van der Waals surface area contributed by atoms with Gasteiger partial charge >= 0.3 is 5.97 Å². The van der Waals surface area contributed by atoms with Gasteiger partial charge in [0.2, 0.25) is 0 Å². The lowest BCUT2D eigenvalue weighted by Gasteiger charge is -2.01. The van der Waals surface area contributed by atoms with Crippen molar-refractivity contribution in [3.8, 4) is 11.1 Å². The summed E-state index contributed by atoms with van der Waals surface area (Å²) < 4.78 is 5.12. The lowest BCUT2D eigenvalue weighted by atomic mass is 10.0. The molecule has 23 heavy (non-hydrogen) atoms. The van der Waals surface area contributed by atoms with Crippen LogP contribution in [0.25, 0.3) is 17.2 Å². The van der Waals surface area contributed by atoms with Gasteiger partial charge in [0.15, 0.2) is 0 Å². The van der Waals surface area contributed by atoms with Crippen molar-refractivity contribution < 1.29 is 9.53 Å². The van der Waals surface area contributed by atoms with Crippen LogP contribution in [0.15, 0.2) is 72.8 Å². The van der Waals surface area contributed by atoms with E-state index in [4.69, 9.17) is 4.74 Å². The molecule has 0 bridgehead atoms. The summed E-state index contributed by atoms with van der Waals surface area (Å²) in [6.07, 6.45) is 9.40. The Morgan fingerprint density at radius 1 is 0.957 bits per heavy atom. The maximum absolute atomic E-state index is 11.4. The average molecular weight is 304 g/mol. The van der Waals surface area contributed by atoms with Gasteiger partial charge in [0.1, 0.15) is 0 Å². The fourth-order valence-electron chi connectivity index (χ4n) is 2.25. The van der Waals surface area contributed by atoms with Gasteiger partial charge in [0, 0.05) is 6.08 Å². The zero-order chi connectivity index (χ0) is 15.9. The van der Waals surface area contributed by atoms with Gasteiger partial charge in [0.25, 0.3) is 0 Å². The van der Waals surface area contributed by atoms with Crippen LogP contribution in [-0.4, -0.2) is 12.6 Å². The standard InChI is InChI=1S/C21H20O2/c22-21(23-16-18-10-11-18)9-5-4-6-17-12-14-20(15-13-17)19-7-2-1-3-8-19/h1-9,12-15,18H,10-11,16H2. The monoisotopic (exact) mass is 304 g/mol. The van der Waals surface area contributed by atoms with Gasteiger partial charge < -0.3 is 4.74 Å². The van der Waals surface area contributed by atoms with E-state index in [1.165, 1.54) is 30.0 Å². The number of esters is 1. The van der Waals surface area contributed by atoms with Crippen molar-refractivity contribution in [2.24, 2.45) is 5.92 Å². The third-order valence-corrected chi connectivity index (χ3v) is 3.81. The fraction of sp³-hybridized carbons (Fsp3) is 0.190. The largest absolute Gasteiger partial charge is 0.462 e.